The molecule has 2 atom stereocenters. The van der Waals surface area contributed by atoms with Gasteiger partial charge in [-0.05, 0) is 37.6 Å². The molecule has 1 aromatic rings. The lowest BCUT2D eigenvalue weighted by Crippen LogP contribution is -2.26. The summed E-state index contributed by atoms with van der Waals surface area (Å²) in [6, 6.07) is 5.36. The van der Waals surface area contributed by atoms with Gasteiger partial charge in [0.1, 0.15) is 0 Å². The Morgan fingerprint density at radius 3 is 2.84 bits per heavy atom. The number of phenolic OH excluding ortho intramolecular Hbond substituents is 1. The lowest BCUT2D eigenvalue weighted by molar-refractivity contribution is -0.141. The van der Waals surface area contributed by atoms with Crippen LogP contribution < -0.4 is 4.74 Å². The minimum atomic E-state index is -0.724. The molecule has 5 heteroatoms. The Morgan fingerprint density at radius 2 is 2.26 bits per heavy atom. The van der Waals surface area contributed by atoms with Crippen LogP contribution in [0.4, 0.5) is 0 Å². The topological polar surface area (TPSA) is 70.0 Å². The maximum absolute atomic E-state index is 11.0. The summed E-state index contributed by atoms with van der Waals surface area (Å²) < 4.78 is 5.10. The molecule has 1 aliphatic heterocycles. The maximum Gasteiger partial charge on any atom is 0.307 e. The zero-order valence-corrected chi connectivity index (χ0v) is 11.2. The highest BCUT2D eigenvalue weighted by molar-refractivity contribution is 5.70. The summed E-state index contributed by atoms with van der Waals surface area (Å²) in [5.74, 6) is -0.443. The van der Waals surface area contributed by atoms with Crippen LogP contribution in [0.2, 0.25) is 0 Å². The van der Waals surface area contributed by atoms with Gasteiger partial charge in [-0.25, -0.2) is 0 Å². The van der Waals surface area contributed by atoms with Crippen molar-refractivity contribution in [3.05, 3.63) is 23.8 Å². The largest absolute Gasteiger partial charge is 0.504 e. The average Bonchev–Trinajstić information content (AvgIpc) is 2.88. The summed E-state index contributed by atoms with van der Waals surface area (Å²) in [7, 11) is 1.51. The second-order valence-electron chi connectivity index (χ2n) is 4.93. The Hall–Kier alpha value is -1.75. The zero-order valence-electron chi connectivity index (χ0n) is 11.2. The number of rotatable bonds is 4. The summed E-state index contributed by atoms with van der Waals surface area (Å²) >= 11 is 0. The van der Waals surface area contributed by atoms with Crippen LogP contribution >= 0.6 is 0 Å². The molecule has 1 aliphatic rings. The first-order valence-electron chi connectivity index (χ1n) is 6.36. The van der Waals surface area contributed by atoms with Crippen molar-refractivity contribution in [1.29, 1.82) is 0 Å². The Morgan fingerprint density at radius 1 is 1.53 bits per heavy atom. The third-order valence-electron chi connectivity index (χ3n) is 3.80. The van der Waals surface area contributed by atoms with E-state index in [0.717, 1.165) is 12.1 Å². The van der Waals surface area contributed by atoms with Gasteiger partial charge < -0.3 is 14.9 Å². The fourth-order valence-corrected chi connectivity index (χ4v) is 2.51. The number of carboxylic acid groups (broad SMARTS) is 1. The van der Waals surface area contributed by atoms with E-state index >= 15 is 0 Å². The number of benzene rings is 1. The van der Waals surface area contributed by atoms with Crippen LogP contribution in [0.1, 0.15) is 24.9 Å². The number of aromatic hydroxyl groups is 1. The predicted octanol–water partition coefficient (Wildman–Crippen LogP) is 1.87. The van der Waals surface area contributed by atoms with Gasteiger partial charge in [0.2, 0.25) is 0 Å². The van der Waals surface area contributed by atoms with Crippen molar-refractivity contribution in [2.24, 2.45) is 5.92 Å². The van der Waals surface area contributed by atoms with Crippen molar-refractivity contribution >= 4 is 5.97 Å². The van der Waals surface area contributed by atoms with E-state index in [1.165, 1.54) is 7.11 Å². The number of nitrogens with zero attached hydrogens (tertiary/aromatic N) is 1. The van der Waals surface area contributed by atoms with E-state index in [4.69, 9.17) is 9.84 Å². The molecule has 1 fully saturated rings. The monoisotopic (exact) mass is 265 g/mol. The van der Waals surface area contributed by atoms with E-state index in [1.807, 2.05) is 13.0 Å². The summed E-state index contributed by atoms with van der Waals surface area (Å²) in [5, 5.41) is 18.6. The van der Waals surface area contributed by atoms with Crippen LogP contribution in [0, 0.1) is 5.92 Å². The predicted molar refractivity (Wildman–Crippen MR) is 70.4 cm³/mol. The summed E-state index contributed by atoms with van der Waals surface area (Å²) in [6.45, 7) is 3.39. The molecule has 1 heterocycles. The van der Waals surface area contributed by atoms with Crippen molar-refractivity contribution in [3.63, 3.8) is 0 Å². The summed E-state index contributed by atoms with van der Waals surface area (Å²) in [6.07, 6.45) is 0.689. The number of carboxylic acids is 1. The molecule has 1 aromatic carbocycles. The van der Waals surface area contributed by atoms with Crippen molar-refractivity contribution in [1.82, 2.24) is 4.90 Å². The molecule has 2 rings (SSSR count). The molecule has 2 N–H and O–H groups in total. The molecule has 0 amide bonds. The number of likely N-dealkylation sites (tertiary alicyclic amines) is 1. The molecule has 0 aromatic heterocycles. The number of ether oxygens (including phenoxy) is 1. The molecule has 2 unspecified atom stereocenters. The summed E-state index contributed by atoms with van der Waals surface area (Å²) in [4.78, 5) is 13.1. The maximum atomic E-state index is 11.0. The van der Waals surface area contributed by atoms with Crippen molar-refractivity contribution < 1.29 is 19.7 Å². The lowest BCUT2D eigenvalue weighted by atomic mass is 10.1. The molecule has 1 saturated heterocycles. The normalized spacial score (nSPS) is 21.3. The first-order valence-corrected chi connectivity index (χ1v) is 6.36. The molecule has 0 saturated carbocycles. The van der Waals surface area contributed by atoms with E-state index < -0.39 is 5.97 Å². The highest BCUT2D eigenvalue weighted by Gasteiger charge is 2.31. The first kappa shape index (κ1) is 13.7. The standard InChI is InChI=1S/C14H19NO4/c1-9(15-6-5-11(8-15)14(17)18)10-3-4-12(16)13(7-10)19-2/h3-4,7,9,11,16H,5-6,8H2,1-2H3,(H,17,18). The quantitative estimate of drug-likeness (QED) is 0.869. The number of aliphatic carboxylic acids is 1. The van der Waals surface area contributed by atoms with E-state index in [1.54, 1.807) is 12.1 Å². The van der Waals surface area contributed by atoms with Crippen LogP contribution in [0.25, 0.3) is 0 Å². The number of carbonyl (C=O) groups is 1. The Labute approximate surface area is 112 Å². The van der Waals surface area contributed by atoms with Crippen LogP contribution in [0.5, 0.6) is 11.5 Å². The highest BCUT2D eigenvalue weighted by atomic mass is 16.5. The van der Waals surface area contributed by atoms with Gasteiger partial charge in [0.25, 0.3) is 0 Å². The minimum Gasteiger partial charge on any atom is -0.504 e. The zero-order chi connectivity index (χ0) is 14.0. The molecular formula is C14H19NO4. The highest BCUT2D eigenvalue weighted by Crippen LogP contribution is 2.33. The van der Waals surface area contributed by atoms with Crippen molar-refractivity contribution in [3.8, 4) is 11.5 Å². The molecule has 0 spiro atoms. The van der Waals surface area contributed by atoms with Gasteiger partial charge in [0.05, 0.1) is 13.0 Å². The summed E-state index contributed by atoms with van der Waals surface area (Å²) in [5.41, 5.74) is 1.01. The van der Waals surface area contributed by atoms with Crippen molar-refractivity contribution in [2.45, 2.75) is 19.4 Å². The number of hydrogen-bond donors (Lipinski definition) is 2. The van der Waals surface area contributed by atoms with Gasteiger partial charge in [-0.3, -0.25) is 9.69 Å². The van der Waals surface area contributed by atoms with Gasteiger partial charge in [0.15, 0.2) is 11.5 Å². The van der Waals surface area contributed by atoms with Gasteiger partial charge >= 0.3 is 5.97 Å². The molecule has 19 heavy (non-hydrogen) atoms. The molecule has 0 bridgehead atoms. The van der Waals surface area contributed by atoms with Gasteiger partial charge in [-0.2, -0.15) is 0 Å². The third kappa shape index (κ3) is 2.81. The minimum absolute atomic E-state index is 0.110. The van der Waals surface area contributed by atoms with E-state index in [2.05, 4.69) is 4.90 Å². The van der Waals surface area contributed by atoms with Crippen LogP contribution in [0.15, 0.2) is 18.2 Å². The molecule has 0 radical (unpaired) electrons. The Kier molecular flexibility index (Phi) is 3.95. The molecule has 5 nitrogen and oxygen atoms in total. The van der Waals surface area contributed by atoms with Crippen LogP contribution in [-0.4, -0.2) is 41.3 Å². The lowest BCUT2D eigenvalue weighted by Gasteiger charge is -2.24. The van der Waals surface area contributed by atoms with E-state index in [9.17, 15) is 9.90 Å². The Bertz CT molecular complexity index is 475. The fourth-order valence-electron chi connectivity index (χ4n) is 2.51. The average molecular weight is 265 g/mol. The SMILES string of the molecule is COc1cc(C(C)N2CCC(C(=O)O)C2)ccc1O. The number of hydrogen-bond acceptors (Lipinski definition) is 4. The fraction of sp³-hybridized carbons (Fsp3) is 0.500. The second kappa shape index (κ2) is 5.48. The van der Waals surface area contributed by atoms with Gasteiger partial charge in [-0.1, -0.05) is 6.07 Å². The molecule has 0 aliphatic carbocycles. The Balaban J connectivity index is 2.12. The molecular weight excluding hydrogens is 246 g/mol. The smallest absolute Gasteiger partial charge is 0.307 e. The van der Waals surface area contributed by atoms with Gasteiger partial charge in [0, 0.05) is 12.6 Å². The van der Waals surface area contributed by atoms with E-state index in [0.29, 0.717) is 18.7 Å². The van der Waals surface area contributed by atoms with Crippen LogP contribution in [-0.2, 0) is 4.79 Å². The first-order chi connectivity index (χ1) is 9.02. The van der Waals surface area contributed by atoms with Gasteiger partial charge in [-0.15, -0.1) is 0 Å². The number of methoxy groups -OCH3 is 1. The molecule has 104 valence electrons. The third-order valence-corrected chi connectivity index (χ3v) is 3.80. The second-order valence-corrected chi connectivity index (χ2v) is 4.93. The number of phenols is 1. The van der Waals surface area contributed by atoms with E-state index in [-0.39, 0.29) is 17.7 Å². The van der Waals surface area contributed by atoms with Crippen LogP contribution in [0.3, 0.4) is 0 Å². The van der Waals surface area contributed by atoms with Crippen molar-refractivity contribution in [2.75, 3.05) is 20.2 Å².